The summed E-state index contributed by atoms with van der Waals surface area (Å²) in [7, 11) is 0.279. The Labute approximate surface area is 131 Å². The van der Waals surface area contributed by atoms with Crippen LogP contribution in [0, 0.1) is 0 Å². The molecule has 0 bridgehead atoms. The molecule has 0 aliphatic heterocycles. The zero-order chi connectivity index (χ0) is 15.1. The Balaban J connectivity index is 2.04. The second-order valence-corrected chi connectivity index (χ2v) is 8.99. The number of rotatable bonds is 6. The van der Waals surface area contributed by atoms with Gasteiger partial charge >= 0.3 is 5.51 Å². The zero-order valence-corrected chi connectivity index (χ0v) is 13.6. The predicted molar refractivity (Wildman–Crippen MR) is 90.0 cm³/mol. The van der Waals surface area contributed by atoms with Gasteiger partial charge in [0.25, 0.3) is 0 Å². The minimum atomic E-state index is -4.16. The Morgan fingerprint density at radius 2 is 1.29 bits per heavy atom. The maximum absolute atomic E-state index is 12.2. The van der Waals surface area contributed by atoms with Crippen LogP contribution in [0.5, 0.6) is 0 Å². The summed E-state index contributed by atoms with van der Waals surface area (Å²) < 4.78 is 36.5. The van der Waals surface area contributed by atoms with Crippen LogP contribution in [-0.4, -0.2) is 17.4 Å². The fraction of sp³-hybridized carbons (Fsp3) is 0.200. The second kappa shape index (κ2) is 8.11. The van der Waals surface area contributed by atoms with E-state index in [1.54, 1.807) is 0 Å². The molecule has 112 valence electrons. The highest BCUT2D eigenvalue weighted by Gasteiger charge is 2.28. The van der Waals surface area contributed by atoms with Crippen molar-refractivity contribution in [2.45, 2.75) is 5.51 Å². The topological polar surface area (TPSA) is 0 Å². The van der Waals surface area contributed by atoms with Gasteiger partial charge in [0.05, 0.1) is 0 Å². The standard InChI is InChI=1S/C15H14F3PS2/c16-15(17,18)21-20-12-11-19(13-7-3-1-4-8-13)14-9-5-2-6-10-14/h1-10H,11-12H2. The van der Waals surface area contributed by atoms with Crippen LogP contribution in [0.25, 0.3) is 0 Å². The first-order valence-corrected chi connectivity index (χ1v) is 10.2. The summed E-state index contributed by atoms with van der Waals surface area (Å²) in [6.45, 7) is 0. The van der Waals surface area contributed by atoms with Crippen LogP contribution in [0.3, 0.4) is 0 Å². The van der Waals surface area contributed by atoms with Crippen molar-refractivity contribution in [2.75, 3.05) is 11.9 Å². The third kappa shape index (κ3) is 5.93. The minimum Gasteiger partial charge on any atom is -0.160 e. The molecule has 0 aromatic heterocycles. The van der Waals surface area contributed by atoms with Gasteiger partial charge in [0.1, 0.15) is 0 Å². The molecule has 0 unspecified atom stereocenters. The molecule has 21 heavy (non-hydrogen) atoms. The van der Waals surface area contributed by atoms with Crippen LogP contribution in [0.2, 0.25) is 0 Å². The van der Waals surface area contributed by atoms with Gasteiger partial charge in [0, 0.05) is 16.5 Å². The normalized spacial score (nSPS) is 11.8. The molecule has 0 radical (unpaired) electrons. The molecule has 0 atom stereocenters. The summed E-state index contributed by atoms with van der Waals surface area (Å²) in [6.07, 6.45) is 0.747. The fourth-order valence-electron chi connectivity index (χ4n) is 1.86. The molecule has 0 N–H and O–H groups in total. The van der Waals surface area contributed by atoms with E-state index >= 15 is 0 Å². The van der Waals surface area contributed by atoms with Crippen molar-refractivity contribution in [1.29, 1.82) is 0 Å². The fourth-order valence-corrected chi connectivity index (χ4v) is 6.31. The highest BCUT2D eigenvalue weighted by atomic mass is 33.1. The van der Waals surface area contributed by atoms with Crippen molar-refractivity contribution >= 4 is 40.1 Å². The van der Waals surface area contributed by atoms with Crippen molar-refractivity contribution in [2.24, 2.45) is 0 Å². The van der Waals surface area contributed by atoms with E-state index in [0.29, 0.717) is 5.75 Å². The van der Waals surface area contributed by atoms with Gasteiger partial charge in [-0.25, -0.2) is 0 Å². The smallest absolute Gasteiger partial charge is 0.160 e. The molecular formula is C15H14F3PS2. The molecule has 6 heteroatoms. The van der Waals surface area contributed by atoms with E-state index < -0.39 is 13.4 Å². The number of benzene rings is 2. The average Bonchev–Trinajstić information content (AvgIpc) is 2.48. The summed E-state index contributed by atoms with van der Waals surface area (Å²) in [5.74, 6) is 0.486. The lowest BCUT2D eigenvalue weighted by Crippen LogP contribution is -2.14. The van der Waals surface area contributed by atoms with Crippen LogP contribution in [0.1, 0.15) is 0 Å². The lowest BCUT2D eigenvalue weighted by atomic mass is 10.4. The van der Waals surface area contributed by atoms with Crippen LogP contribution in [-0.2, 0) is 0 Å². The Bertz CT molecular complexity index is 492. The molecular weight excluding hydrogens is 332 g/mol. The van der Waals surface area contributed by atoms with Gasteiger partial charge < -0.3 is 0 Å². The molecule has 0 fully saturated rings. The molecule has 0 heterocycles. The Morgan fingerprint density at radius 3 is 1.71 bits per heavy atom. The molecule has 0 aliphatic carbocycles. The van der Waals surface area contributed by atoms with Crippen molar-refractivity contribution in [3.8, 4) is 0 Å². The predicted octanol–water partition coefficient (Wildman–Crippen LogP) is 5.02. The summed E-state index contributed by atoms with van der Waals surface area (Å²) in [5, 5.41) is 2.41. The zero-order valence-electron chi connectivity index (χ0n) is 11.1. The number of halogens is 3. The third-order valence-electron chi connectivity index (χ3n) is 2.69. The first-order chi connectivity index (χ1) is 10.1. The van der Waals surface area contributed by atoms with Gasteiger partial charge in [-0.15, -0.1) is 0 Å². The van der Waals surface area contributed by atoms with Gasteiger partial charge in [-0.05, 0) is 24.7 Å². The van der Waals surface area contributed by atoms with E-state index in [1.807, 2.05) is 36.4 Å². The van der Waals surface area contributed by atoms with Crippen molar-refractivity contribution in [3.05, 3.63) is 60.7 Å². The summed E-state index contributed by atoms with van der Waals surface area (Å²) in [4.78, 5) is 0. The molecule has 2 aromatic rings. The van der Waals surface area contributed by atoms with Crippen molar-refractivity contribution in [1.82, 2.24) is 0 Å². The minimum absolute atomic E-state index is 0.00703. The maximum Gasteiger partial charge on any atom is 0.452 e. The summed E-state index contributed by atoms with van der Waals surface area (Å²) >= 11 is 0. The van der Waals surface area contributed by atoms with Gasteiger partial charge in [-0.2, -0.15) is 13.2 Å². The van der Waals surface area contributed by atoms with E-state index in [-0.39, 0.29) is 10.8 Å². The molecule has 0 saturated heterocycles. The van der Waals surface area contributed by atoms with E-state index in [2.05, 4.69) is 24.3 Å². The molecule has 2 aromatic carbocycles. The largest absolute Gasteiger partial charge is 0.452 e. The molecule has 0 spiro atoms. The quantitative estimate of drug-likeness (QED) is 0.409. The Morgan fingerprint density at radius 1 is 0.810 bits per heavy atom. The third-order valence-corrected chi connectivity index (χ3v) is 7.60. The lowest BCUT2D eigenvalue weighted by molar-refractivity contribution is -0.0311. The van der Waals surface area contributed by atoms with E-state index in [1.165, 1.54) is 10.6 Å². The van der Waals surface area contributed by atoms with Gasteiger partial charge in [-0.3, -0.25) is 0 Å². The van der Waals surface area contributed by atoms with Gasteiger partial charge in [0.2, 0.25) is 0 Å². The monoisotopic (exact) mass is 346 g/mol. The lowest BCUT2D eigenvalue weighted by Gasteiger charge is -2.18. The van der Waals surface area contributed by atoms with Crippen LogP contribution in [0.4, 0.5) is 13.2 Å². The molecule has 2 rings (SSSR count). The first kappa shape index (κ1) is 16.7. The van der Waals surface area contributed by atoms with Crippen molar-refractivity contribution in [3.63, 3.8) is 0 Å². The number of alkyl halides is 3. The summed E-state index contributed by atoms with van der Waals surface area (Å²) in [6, 6.07) is 20.0. The van der Waals surface area contributed by atoms with Gasteiger partial charge in [-0.1, -0.05) is 71.5 Å². The SMILES string of the molecule is FC(F)(F)SSCCP(c1ccccc1)c1ccccc1. The van der Waals surface area contributed by atoms with Crippen LogP contribution in [0.15, 0.2) is 60.7 Å². The maximum atomic E-state index is 12.2. The van der Waals surface area contributed by atoms with Crippen molar-refractivity contribution < 1.29 is 13.2 Å². The van der Waals surface area contributed by atoms with E-state index in [4.69, 9.17) is 0 Å². The van der Waals surface area contributed by atoms with E-state index in [0.717, 1.165) is 17.0 Å². The molecule has 0 nitrogen and oxygen atoms in total. The summed E-state index contributed by atoms with van der Waals surface area (Å²) in [5.41, 5.74) is -4.16. The number of hydrogen-bond donors (Lipinski definition) is 0. The second-order valence-electron chi connectivity index (χ2n) is 4.17. The highest BCUT2D eigenvalue weighted by Crippen LogP contribution is 2.42. The Kier molecular flexibility index (Phi) is 6.46. The average molecular weight is 346 g/mol. The number of hydrogen-bond acceptors (Lipinski definition) is 2. The molecule has 0 saturated carbocycles. The highest BCUT2D eigenvalue weighted by molar-refractivity contribution is 8.77. The first-order valence-electron chi connectivity index (χ1n) is 6.31. The molecule has 0 aliphatic rings. The van der Waals surface area contributed by atoms with Crippen LogP contribution < -0.4 is 10.6 Å². The van der Waals surface area contributed by atoms with Gasteiger partial charge in [0.15, 0.2) is 0 Å². The Hall–Kier alpha value is -0.640. The molecule has 0 amide bonds. The van der Waals surface area contributed by atoms with E-state index in [9.17, 15) is 13.2 Å². The van der Waals surface area contributed by atoms with Crippen LogP contribution >= 0.6 is 29.5 Å².